The smallest absolute Gasteiger partial charge is 0.170 e. The summed E-state index contributed by atoms with van der Waals surface area (Å²) in [5.74, 6) is 1.58. The Morgan fingerprint density at radius 1 is 1.33 bits per heavy atom. The van der Waals surface area contributed by atoms with E-state index in [1.807, 2.05) is 12.1 Å². The van der Waals surface area contributed by atoms with Crippen molar-refractivity contribution in [3.05, 3.63) is 29.8 Å². The first-order chi connectivity index (χ1) is 10.0. The third-order valence-corrected chi connectivity index (χ3v) is 4.87. The van der Waals surface area contributed by atoms with Crippen LogP contribution in [0.15, 0.2) is 24.3 Å². The van der Waals surface area contributed by atoms with E-state index >= 15 is 0 Å². The van der Waals surface area contributed by atoms with Gasteiger partial charge in [0.1, 0.15) is 12.4 Å². The molecule has 116 valence electrons. The van der Waals surface area contributed by atoms with Gasteiger partial charge in [-0.05, 0) is 48.3 Å². The minimum Gasteiger partial charge on any atom is -0.486 e. The molecular formula is C19H28O2. The molecule has 2 rings (SSSR count). The minimum atomic E-state index is 0.208. The summed E-state index contributed by atoms with van der Waals surface area (Å²) in [4.78, 5) is 12.1. The summed E-state index contributed by atoms with van der Waals surface area (Å²) in [6.07, 6.45) is 6.67. The lowest BCUT2D eigenvalue weighted by molar-refractivity contribution is -0.123. The Bertz CT molecular complexity index is 472. The summed E-state index contributed by atoms with van der Waals surface area (Å²) in [6, 6.07) is 8.15. The van der Waals surface area contributed by atoms with Crippen LogP contribution in [0.5, 0.6) is 5.75 Å². The van der Waals surface area contributed by atoms with E-state index in [0.717, 1.165) is 12.2 Å². The van der Waals surface area contributed by atoms with Crippen LogP contribution >= 0.6 is 0 Å². The van der Waals surface area contributed by atoms with Crippen molar-refractivity contribution in [2.45, 2.75) is 65.2 Å². The average molecular weight is 288 g/mol. The maximum Gasteiger partial charge on any atom is 0.170 e. The van der Waals surface area contributed by atoms with Crippen LogP contribution in [-0.4, -0.2) is 12.4 Å². The van der Waals surface area contributed by atoms with E-state index in [-0.39, 0.29) is 17.8 Å². The van der Waals surface area contributed by atoms with Crippen molar-refractivity contribution in [1.29, 1.82) is 0 Å². The molecule has 1 aromatic carbocycles. The van der Waals surface area contributed by atoms with Gasteiger partial charge in [0.15, 0.2) is 5.78 Å². The van der Waals surface area contributed by atoms with Gasteiger partial charge in [0, 0.05) is 6.42 Å². The second-order valence-corrected chi connectivity index (χ2v) is 6.90. The Kier molecular flexibility index (Phi) is 5.44. The van der Waals surface area contributed by atoms with Crippen molar-refractivity contribution in [3.8, 4) is 5.75 Å². The molecule has 0 radical (unpaired) electrons. The van der Waals surface area contributed by atoms with Crippen LogP contribution in [0.4, 0.5) is 0 Å². The Hall–Kier alpha value is -1.31. The molecule has 1 unspecified atom stereocenters. The number of carbonyl (C=O) groups excluding carboxylic acids is 1. The van der Waals surface area contributed by atoms with E-state index in [9.17, 15) is 4.79 Å². The summed E-state index contributed by atoms with van der Waals surface area (Å²) in [5, 5.41) is 0. The first-order valence-corrected chi connectivity index (χ1v) is 8.27. The van der Waals surface area contributed by atoms with Crippen molar-refractivity contribution < 1.29 is 9.53 Å². The fourth-order valence-electron chi connectivity index (χ4n) is 3.24. The maximum absolute atomic E-state index is 12.1. The number of hydrogen-bond donors (Lipinski definition) is 0. The van der Waals surface area contributed by atoms with E-state index in [1.165, 1.54) is 31.2 Å². The van der Waals surface area contributed by atoms with Crippen molar-refractivity contribution in [1.82, 2.24) is 0 Å². The monoisotopic (exact) mass is 288 g/mol. The average Bonchev–Trinajstić information content (AvgIpc) is 2.91. The summed E-state index contributed by atoms with van der Waals surface area (Å²) >= 11 is 0. The van der Waals surface area contributed by atoms with E-state index in [1.54, 1.807) is 0 Å². The van der Waals surface area contributed by atoms with Gasteiger partial charge in [-0.2, -0.15) is 0 Å². The number of ketones is 1. The lowest BCUT2D eigenvalue weighted by atomic mass is 9.83. The zero-order valence-electron chi connectivity index (χ0n) is 13.7. The highest BCUT2D eigenvalue weighted by Gasteiger charge is 2.30. The van der Waals surface area contributed by atoms with Crippen molar-refractivity contribution in [2.24, 2.45) is 5.41 Å². The van der Waals surface area contributed by atoms with Crippen molar-refractivity contribution in [2.75, 3.05) is 6.61 Å². The highest BCUT2D eigenvalue weighted by Crippen LogP contribution is 2.40. The van der Waals surface area contributed by atoms with Gasteiger partial charge < -0.3 is 4.74 Å². The number of rotatable bonds is 7. The van der Waals surface area contributed by atoms with Gasteiger partial charge in [-0.15, -0.1) is 0 Å². The summed E-state index contributed by atoms with van der Waals surface area (Å²) in [6.45, 7) is 6.84. The molecule has 0 aliphatic heterocycles. The molecule has 0 spiro atoms. The molecule has 0 heterocycles. The van der Waals surface area contributed by atoms with Crippen molar-refractivity contribution in [3.63, 3.8) is 0 Å². The number of carbonyl (C=O) groups is 1. The Balaban J connectivity index is 1.86. The van der Waals surface area contributed by atoms with Gasteiger partial charge in [-0.1, -0.05) is 45.7 Å². The third kappa shape index (κ3) is 4.59. The summed E-state index contributed by atoms with van der Waals surface area (Å²) in [5.41, 5.74) is 1.50. The molecule has 21 heavy (non-hydrogen) atoms. The van der Waals surface area contributed by atoms with Crippen LogP contribution in [0, 0.1) is 5.41 Å². The Morgan fingerprint density at radius 2 is 2.05 bits per heavy atom. The number of ether oxygens (including phenoxy) is 1. The quantitative estimate of drug-likeness (QED) is 0.696. The molecule has 1 aliphatic carbocycles. The Labute approximate surface area is 128 Å². The first-order valence-electron chi connectivity index (χ1n) is 8.27. The predicted octanol–water partition coefficient (Wildman–Crippen LogP) is 5.12. The molecule has 2 heteroatoms. The largest absolute Gasteiger partial charge is 0.486 e. The summed E-state index contributed by atoms with van der Waals surface area (Å²) < 4.78 is 5.71. The van der Waals surface area contributed by atoms with Crippen LogP contribution in [0.2, 0.25) is 0 Å². The van der Waals surface area contributed by atoms with Crippen LogP contribution in [0.1, 0.15) is 70.8 Å². The van der Waals surface area contributed by atoms with Gasteiger partial charge in [0.2, 0.25) is 0 Å². The molecule has 1 saturated carbocycles. The molecule has 0 amide bonds. The lowest BCUT2D eigenvalue weighted by Crippen LogP contribution is -2.21. The fraction of sp³-hybridized carbons (Fsp3) is 0.632. The van der Waals surface area contributed by atoms with Gasteiger partial charge in [-0.3, -0.25) is 4.79 Å². The SMILES string of the molecule is CCC(C)c1cccc(OCC(=O)CC2(C)CCCC2)c1. The zero-order valence-corrected chi connectivity index (χ0v) is 13.7. The molecule has 1 atom stereocenters. The normalized spacial score (nSPS) is 18.4. The molecule has 0 bridgehead atoms. The second kappa shape index (κ2) is 7.11. The van der Waals surface area contributed by atoms with Crippen molar-refractivity contribution >= 4 is 5.78 Å². The molecule has 1 fully saturated rings. The standard InChI is InChI=1S/C19H28O2/c1-4-15(2)16-8-7-9-18(12-16)21-14-17(20)13-19(3)10-5-6-11-19/h7-9,12,15H,4-6,10-11,13-14H2,1-3H3. The van der Waals surface area contributed by atoms with Gasteiger partial charge in [-0.25, -0.2) is 0 Å². The molecule has 0 saturated heterocycles. The van der Waals surface area contributed by atoms with Gasteiger partial charge in [0.05, 0.1) is 0 Å². The molecule has 1 aliphatic rings. The van der Waals surface area contributed by atoms with Gasteiger partial charge in [0.25, 0.3) is 0 Å². The molecule has 1 aromatic rings. The summed E-state index contributed by atoms with van der Waals surface area (Å²) in [7, 11) is 0. The van der Waals surface area contributed by atoms with E-state index in [2.05, 4.69) is 32.9 Å². The van der Waals surface area contributed by atoms with Gasteiger partial charge >= 0.3 is 0 Å². The first kappa shape index (κ1) is 16.1. The lowest BCUT2D eigenvalue weighted by Gasteiger charge is -2.22. The zero-order chi connectivity index (χ0) is 15.3. The topological polar surface area (TPSA) is 26.3 Å². The van der Waals surface area contributed by atoms with E-state index < -0.39 is 0 Å². The predicted molar refractivity (Wildman–Crippen MR) is 86.8 cm³/mol. The molecule has 0 N–H and O–H groups in total. The Morgan fingerprint density at radius 3 is 2.71 bits per heavy atom. The van der Waals surface area contributed by atoms with E-state index in [0.29, 0.717) is 12.3 Å². The molecule has 2 nitrogen and oxygen atoms in total. The van der Waals surface area contributed by atoms with Crippen LogP contribution in [0.25, 0.3) is 0 Å². The molecular weight excluding hydrogens is 260 g/mol. The highest BCUT2D eigenvalue weighted by molar-refractivity contribution is 5.80. The molecule has 0 aromatic heterocycles. The highest BCUT2D eigenvalue weighted by atomic mass is 16.5. The third-order valence-electron chi connectivity index (χ3n) is 4.87. The van der Waals surface area contributed by atoms with Crippen LogP contribution in [-0.2, 0) is 4.79 Å². The number of Topliss-reactive ketones (excluding diaryl/α,β-unsaturated/α-hetero) is 1. The van der Waals surface area contributed by atoms with Crippen LogP contribution in [0.3, 0.4) is 0 Å². The second-order valence-electron chi connectivity index (χ2n) is 6.90. The van der Waals surface area contributed by atoms with Crippen LogP contribution < -0.4 is 4.74 Å². The fourth-order valence-corrected chi connectivity index (χ4v) is 3.24. The number of benzene rings is 1. The minimum absolute atomic E-state index is 0.208. The maximum atomic E-state index is 12.1. The number of hydrogen-bond acceptors (Lipinski definition) is 2. The van der Waals surface area contributed by atoms with E-state index in [4.69, 9.17) is 4.74 Å².